The van der Waals surface area contributed by atoms with Crippen LogP contribution in [0.1, 0.15) is 11.4 Å². The van der Waals surface area contributed by atoms with Gasteiger partial charge in [0.1, 0.15) is 0 Å². The van der Waals surface area contributed by atoms with Crippen molar-refractivity contribution in [3.63, 3.8) is 0 Å². The predicted molar refractivity (Wildman–Crippen MR) is 343 cm³/mol. The molecule has 0 N–H and O–H groups in total. The van der Waals surface area contributed by atoms with Crippen LogP contribution in [0.2, 0.25) is 0 Å². The molecular formula is C74H54N8. The summed E-state index contributed by atoms with van der Waals surface area (Å²) in [5, 5.41) is 21.1. The van der Waals surface area contributed by atoms with E-state index in [1.807, 2.05) is 0 Å². The maximum Gasteiger partial charge on any atom is 0.0737 e. The van der Waals surface area contributed by atoms with Crippen molar-refractivity contribution in [1.82, 2.24) is 18.7 Å². The van der Waals surface area contributed by atoms with Gasteiger partial charge in [0.2, 0.25) is 0 Å². The molecule has 0 aliphatic rings. The van der Waals surface area contributed by atoms with E-state index in [0.717, 1.165) is 122 Å². The summed E-state index contributed by atoms with van der Waals surface area (Å²) in [7, 11) is 0. The van der Waals surface area contributed by atoms with Gasteiger partial charge in [-0.25, -0.2) is 20.0 Å². The van der Waals surface area contributed by atoms with Gasteiger partial charge in [-0.2, -0.15) is 0 Å². The number of nitrogens with zero attached hydrogens (tertiary/aromatic N) is 8. The molecule has 0 atom stereocenters. The number of fused-ring (bicyclic) bond motifs is 4. The first kappa shape index (κ1) is 47.1. The van der Waals surface area contributed by atoms with Crippen molar-refractivity contribution in [3.05, 3.63) is 303 Å². The van der Waals surface area contributed by atoms with E-state index in [1.165, 1.54) is 10.8 Å². The molecule has 82 heavy (non-hydrogen) atoms. The predicted octanol–water partition coefficient (Wildman–Crippen LogP) is 19.4. The number of hydrogen-bond donors (Lipinski definition) is 0. The minimum absolute atomic E-state index is 1.02. The minimum atomic E-state index is 1.02. The Labute approximate surface area is 474 Å². The maximum atomic E-state index is 2.44. The molecule has 0 aliphatic heterocycles. The van der Waals surface area contributed by atoms with Gasteiger partial charge in [-0.3, -0.25) is 18.7 Å². The Kier molecular flexibility index (Phi) is 10.8. The van der Waals surface area contributed by atoms with Crippen LogP contribution >= 0.6 is 0 Å². The van der Waals surface area contributed by atoms with Crippen LogP contribution in [0.15, 0.2) is 291 Å². The number of anilines is 8. The van der Waals surface area contributed by atoms with Crippen molar-refractivity contribution in [3.8, 4) is 0 Å². The van der Waals surface area contributed by atoms with Crippen LogP contribution in [0.25, 0.3) is 75.9 Å². The molecular weight excluding hydrogens is 1000 g/mol. The first-order valence-electron chi connectivity index (χ1n) is 28.0. The van der Waals surface area contributed by atoms with E-state index in [0.29, 0.717) is 0 Å². The maximum absolute atomic E-state index is 2.44. The molecule has 0 fully saturated rings. The third kappa shape index (κ3) is 7.31. The zero-order valence-corrected chi connectivity index (χ0v) is 45.3. The van der Waals surface area contributed by atoms with Gasteiger partial charge >= 0.3 is 0 Å². The highest BCUT2D eigenvalue weighted by Crippen LogP contribution is 2.53. The highest BCUT2D eigenvalue weighted by atomic mass is 15.6. The number of benzene rings is 12. The Hall–Kier alpha value is -11.0. The molecule has 0 saturated heterocycles. The van der Waals surface area contributed by atoms with Gasteiger partial charge in [-0.15, -0.1) is 0 Å². The molecule has 0 aliphatic carbocycles. The summed E-state index contributed by atoms with van der Waals surface area (Å²) in [5.74, 6) is 0. The second-order valence-electron chi connectivity index (χ2n) is 21.2. The zero-order chi connectivity index (χ0) is 54.4. The number of aromatic nitrogens is 4. The molecule has 16 aromatic rings. The number of aryl methyl sites for hydroxylation is 2. The van der Waals surface area contributed by atoms with Crippen molar-refractivity contribution >= 4 is 121 Å². The second kappa shape index (κ2) is 18.9. The first-order chi connectivity index (χ1) is 40.6. The van der Waals surface area contributed by atoms with Crippen LogP contribution in [0.5, 0.6) is 0 Å². The summed E-state index contributed by atoms with van der Waals surface area (Å²) < 4.78 is 9.46. The van der Waals surface area contributed by atoms with E-state index < -0.39 is 0 Å². The normalized spacial score (nSPS) is 11.8. The fourth-order valence-electron chi connectivity index (χ4n) is 13.0. The molecule has 4 aromatic heterocycles. The molecule has 0 unspecified atom stereocenters. The summed E-state index contributed by atoms with van der Waals surface area (Å²) in [6, 6.07) is 102. The van der Waals surface area contributed by atoms with Crippen LogP contribution in [0, 0.1) is 13.8 Å². The molecule has 8 heteroatoms. The van der Waals surface area contributed by atoms with Gasteiger partial charge < -0.3 is 0 Å². The van der Waals surface area contributed by atoms with Crippen LogP contribution in [-0.2, 0) is 0 Å². The van der Waals surface area contributed by atoms with E-state index in [-0.39, 0.29) is 0 Å². The molecule has 4 heterocycles. The molecule has 0 bridgehead atoms. The lowest BCUT2D eigenvalue weighted by molar-refractivity contribution is 0.821. The van der Waals surface area contributed by atoms with Gasteiger partial charge in [0.05, 0.1) is 67.6 Å². The monoisotopic (exact) mass is 1050 g/mol. The number of hydrogen-bond acceptors (Lipinski definition) is 4. The van der Waals surface area contributed by atoms with Crippen molar-refractivity contribution in [2.45, 2.75) is 13.8 Å². The lowest BCUT2D eigenvalue weighted by Crippen LogP contribution is -2.28. The van der Waals surface area contributed by atoms with Crippen molar-refractivity contribution in [2.24, 2.45) is 0 Å². The van der Waals surface area contributed by atoms with E-state index in [9.17, 15) is 0 Å². The molecule has 390 valence electrons. The Morgan fingerprint density at radius 3 is 0.878 bits per heavy atom. The second-order valence-corrected chi connectivity index (χ2v) is 21.2. The minimum Gasteiger partial charge on any atom is -0.256 e. The van der Waals surface area contributed by atoms with E-state index >= 15 is 0 Å². The molecule has 8 nitrogen and oxygen atoms in total. The summed E-state index contributed by atoms with van der Waals surface area (Å²) in [5.41, 5.74) is 14.9. The first-order valence-corrected chi connectivity index (χ1v) is 28.0. The van der Waals surface area contributed by atoms with Crippen molar-refractivity contribution < 1.29 is 0 Å². The van der Waals surface area contributed by atoms with E-state index in [4.69, 9.17) is 0 Å². The van der Waals surface area contributed by atoms with Gasteiger partial charge in [0, 0.05) is 77.6 Å². The Morgan fingerprint density at radius 1 is 0.244 bits per heavy atom. The average Bonchev–Trinajstić information content (AvgIpc) is 3.35. The summed E-state index contributed by atoms with van der Waals surface area (Å²) in [6.45, 7) is 4.45. The van der Waals surface area contributed by atoms with Gasteiger partial charge in [0.15, 0.2) is 0 Å². The summed E-state index contributed by atoms with van der Waals surface area (Å²) in [4.78, 5) is 0. The highest BCUT2D eigenvalue weighted by molar-refractivity contribution is 6.32. The van der Waals surface area contributed by atoms with E-state index in [1.54, 1.807) is 0 Å². The molecule has 0 saturated carbocycles. The largest absolute Gasteiger partial charge is 0.256 e. The van der Waals surface area contributed by atoms with Crippen molar-refractivity contribution in [2.75, 3.05) is 20.0 Å². The fourth-order valence-corrected chi connectivity index (χ4v) is 13.0. The van der Waals surface area contributed by atoms with Gasteiger partial charge in [-0.1, -0.05) is 170 Å². The third-order valence-corrected chi connectivity index (χ3v) is 16.4. The average molecular weight is 1060 g/mol. The zero-order valence-electron chi connectivity index (χ0n) is 45.3. The van der Waals surface area contributed by atoms with Crippen LogP contribution < -0.4 is 20.0 Å². The third-order valence-electron chi connectivity index (χ3n) is 16.4. The Balaban J connectivity index is 1.12. The quantitative estimate of drug-likeness (QED) is 0.114. The number of rotatable bonds is 12. The van der Waals surface area contributed by atoms with Gasteiger partial charge in [0.25, 0.3) is 0 Å². The Bertz CT molecular complexity index is 4720. The van der Waals surface area contributed by atoms with Crippen LogP contribution in [0.4, 0.5) is 45.5 Å². The number of para-hydroxylation sites is 8. The highest BCUT2D eigenvalue weighted by Gasteiger charge is 2.31. The SMILES string of the molecule is Cc1cc2ccccc2n1N(c1ccccc1)c1cc(N(c2ccccc2)n2ccc3ccccc32)c2ccc3c(N(c4ccccc4)n4ccc5ccccc54)cc(N(c4ccccc4)n4c(C)cc5ccccc54)c4ccc1c2c34. The summed E-state index contributed by atoms with van der Waals surface area (Å²) >= 11 is 0. The molecule has 0 amide bonds. The smallest absolute Gasteiger partial charge is 0.0737 e. The standard InChI is InChI=1S/C74H54N8/c1-51-47-55-25-17-21-37-67(55)77(51)81(59-31-11-5-12-32-59)71-49-69(79(57-27-7-3-8-28-57)75-45-43-53-23-15-19-35-65(53)75)61-39-40-62-70(80(58-29-9-4-10-30-58)76-46-44-54-24-16-20-36-66(54)76)50-72(64-42-41-63(71)73(61)74(62)64)82(60-33-13-6-14-34-60)78-52(2)48-56-26-18-22-38-68(56)78/h3-50H,1-2H3. The summed E-state index contributed by atoms with van der Waals surface area (Å²) in [6.07, 6.45) is 4.43. The Morgan fingerprint density at radius 2 is 0.524 bits per heavy atom. The lowest BCUT2D eigenvalue weighted by atomic mass is 9.90. The molecule has 0 radical (unpaired) electrons. The molecule has 16 rings (SSSR count). The lowest BCUT2D eigenvalue weighted by Gasteiger charge is -2.36. The molecule has 0 spiro atoms. The van der Waals surface area contributed by atoms with Gasteiger partial charge in [-0.05, 0) is 123 Å². The fraction of sp³-hybridized carbons (Fsp3) is 0.0270. The van der Waals surface area contributed by atoms with Crippen LogP contribution in [0.3, 0.4) is 0 Å². The topological polar surface area (TPSA) is 32.7 Å². The van der Waals surface area contributed by atoms with Crippen molar-refractivity contribution in [1.29, 1.82) is 0 Å². The molecule has 12 aromatic carbocycles. The van der Waals surface area contributed by atoms with Crippen LogP contribution in [-0.4, -0.2) is 18.7 Å². The van der Waals surface area contributed by atoms with E-state index in [2.05, 4.69) is 344 Å².